The van der Waals surface area contributed by atoms with Gasteiger partial charge in [-0.15, -0.1) is 0 Å². The number of hydrogen-bond donors (Lipinski definition) is 1. The fourth-order valence-electron chi connectivity index (χ4n) is 3.51. The van der Waals surface area contributed by atoms with Crippen molar-refractivity contribution in [1.29, 1.82) is 0 Å². The molecule has 2 heterocycles. The number of halogens is 1. The Labute approximate surface area is 203 Å². The highest BCUT2D eigenvalue weighted by Gasteiger charge is 2.42. The molecule has 4 rings (SSSR count). The fraction of sp³-hybridized carbons (Fsp3) is 0.136. The predicted molar refractivity (Wildman–Crippen MR) is 127 cm³/mol. The Balaban J connectivity index is 1.62. The number of rotatable bonds is 6. The minimum Gasteiger partial charge on any atom is -0.550 e. The van der Waals surface area contributed by atoms with Crippen molar-refractivity contribution in [2.24, 2.45) is 0 Å². The molecule has 8 nitrogen and oxygen atoms in total. The standard InChI is InChI=1S/C22H16ClN3O5S2/c23-12-4-3-5-13(10-12)24-16(27)11-26-15-7-2-1-6-14(15)18(20(26)30)19-21(31)25(22(32)33-19)9-8-17(28)29/h1-7,10H,8-9,11H2,(H,24,27)(H,28,29)/p-1/b19-18-. The molecule has 0 radical (unpaired) electrons. The lowest BCUT2D eigenvalue weighted by Crippen LogP contribution is -2.36. The molecule has 0 bridgehead atoms. The smallest absolute Gasteiger partial charge is 0.267 e. The van der Waals surface area contributed by atoms with E-state index in [4.69, 9.17) is 23.8 Å². The molecule has 0 unspecified atom stereocenters. The first-order chi connectivity index (χ1) is 15.8. The summed E-state index contributed by atoms with van der Waals surface area (Å²) in [6.07, 6.45) is -0.380. The second kappa shape index (κ2) is 9.34. The van der Waals surface area contributed by atoms with Gasteiger partial charge in [0, 0.05) is 35.2 Å². The van der Waals surface area contributed by atoms with E-state index in [0.717, 1.165) is 16.7 Å². The number of thiocarbonyl (C=S) groups is 1. The molecule has 2 aliphatic rings. The van der Waals surface area contributed by atoms with Gasteiger partial charge in [-0.1, -0.05) is 59.8 Å². The third kappa shape index (κ3) is 4.63. The number of anilines is 2. The van der Waals surface area contributed by atoms with Gasteiger partial charge in [0.2, 0.25) is 5.91 Å². The zero-order valence-electron chi connectivity index (χ0n) is 16.9. The number of amides is 3. The molecule has 3 amide bonds. The van der Waals surface area contributed by atoms with Crippen LogP contribution in [-0.4, -0.2) is 46.0 Å². The van der Waals surface area contributed by atoms with E-state index in [9.17, 15) is 24.3 Å². The Kier molecular flexibility index (Phi) is 6.50. The number of hydrogen-bond acceptors (Lipinski definition) is 7. The van der Waals surface area contributed by atoms with Gasteiger partial charge in [0.25, 0.3) is 11.8 Å². The summed E-state index contributed by atoms with van der Waals surface area (Å²) >= 11 is 12.1. The highest BCUT2D eigenvalue weighted by molar-refractivity contribution is 8.26. The monoisotopic (exact) mass is 500 g/mol. The molecule has 1 N–H and O–H groups in total. The Morgan fingerprint density at radius 3 is 2.55 bits per heavy atom. The highest BCUT2D eigenvalue weighted by atomic mass is 35.5. The van der Waals surface area contributed by atoms with E-state index in [1.54, 1.807) is 48.5 Å². The summed E-state index contributed by atoms with van der Waals surface area (Å²) in [5, 5.41) is 14.0. The lowest BCUT2D eigenvalue weighted by atomic mass is 10.1. The third-order valence-corrected chi connectivity index (χ3v) is 6.63. The Morgan fingerprint density at radius 1 is 1.06 bits per heavy atom. The molecule has 33 heavy (non-hydrogen) atoms. The summed E-state index contributed by atoms with van der Waals surface area (Å²) in [5.41, 5.74) is 1.60. The lowest BCUT2D eigenvalue weighted by molar-refractivity contribution is -0.305. The van der Waals surface area contributed by atoms with Gasteiger partial charge in [-0.2, -0.15) is 0 Å². The average Bonchev–Trinajstić information content (AvgIpc) is 3.19. The zero-order chi connectivity index (χ0) is 23.7. The lowest BCUT2D eigenvalue weighted by Gasteiger charge is -2.17. The van der Waals surface area contributed by atoms with Gasteiger partial charge in [0.1, 0.15) is 10.9 Å². The summed E-state index contributed by atoms with van der Waals surface area (Å²) in [5.74, 6) is -2.81. The van der Waals surface area contributed by atoms with Gasteiger partial charge < -0.3 is 15.2 Å². The quantitative estimate of drug-likeness (QED) is 0.477. The summed E-state index contributed by atoms with van der Waals surface area (Å²) in [4.78, 5) is 52.3. The molecule has 0 aliphatic carbocycles. The molecule has 2 aliphatic heterocycles. The van der Waals surface area contributed by atoms with Gasteiger partial charge >= 0.3 is 0 Å². The number of carbonyl (C=O) groups excluding carboxylic acids is 4. The van der Waals surface area contributed by atoms with Crippen molar-refractivity contribution in [3.05, 3.63) is 64.0 Å². The number of thioether (sulfide) groups is 1. The van der Waals surface area contributed by atoms with E-state index in [-0.39, 0.29) is 34.3 Å². The van der Waals surface area contributed by atoms with Gasteiger partial charge in [0.05, 0.1) is 16.2 Å². The zero-order valence-corrected chi connectivity index (χ0v) is 19.3. The first kappa shape index (κ1) is 23.0. The molecule has 11 heteroatoms. The number of para-hydroxylation sites is 1. The largest absolute Gasteiger partial charge is 0.550 e. The number of benzene rings is 2. The van der Waals surface area contributed by atoms with Crippen molar-refractivity contribution in [2.75, 3.05) is 23.3 Å². The molecule has 0 aromatic heterocycles. The number of nitrogens with one attached hydrogen (secondary N) is 1. The number of carboxylic acids is 1. The van der Waals surface area contributed by atoms with Gasteiger partial charge in [0.15, 0.2) is 0 Å². The summed E-state index contributed by atoms with van der Waals surface area (Å²) in [6.45, 7) is -0.428. The van der Waals surface area contributed by atoms with Crippen LogP contribution in [0.4, 0.5) is 11.4 Å². The van der Waals surface area contributed by atoms with Crippen LogP contribution in [-0.2, 0) is 19.2 Å². The first-order valence-electron chi connectivity index (χ1n) is 9.70. The minimum atomic E-state index is -1.31. The number of nitrogens with zero attached hydrogens (tertiary/aromatic N) is 2. The number of fused-ring (bicyclic) bond motifs is 1. The molecule has 0 spiro atoms. The van der Waals surface area contributed by atoms with Crippen molar-refractivity contribution in [3.8, 4) is 0 Å². The second-order valence-electron chi connectivity index (χ2n) is 7.12. The highest BCUT2D eigenvalue weighted by Crippen LogP contribution is 2.44. The summed E-state index contributed by atoms with van der Waals surface area (Å²) in [6, 6.07) is 13.4. The molecule has 1 saturated heterocycles. The average molecular weight is 501 g/mol. The van der Waals surface area contributed by atoms with E-state index < -0.39 is 23.7 Å². The van der Waals surface area contributed by atoms with Gasteiger partial charge in [-0.25, -0.2) is 0 Å². The molecular weight excluding hydrogens is 486 g/mol. The van der Waals surface area contributed by atoms with E-state index in [2.05, 4.69) is 5.32 Å². The van der Waals surface area contributed by atoms with Crippen molar-refractivity contribution in [3.63, 3.8) is 0 Å². The minimum absolute atomic E-state index is 0.105. The van der Waals surface area contributed by atoms with Crippen LogP contribution >= 0.6 is 35.6 Å². The van der Waals surface area contributed by atoms with E-state index in [1.807, 2.05) is 0 Å². The predicted octanol–water partition coefficient (Wildman–Crippen LogP) is 2.04. The van der Waals surface area contributed by atoms with Gasteiger partial charge in [-0.05, 0) is 24.3 Å². The van der Waals surface area contributed by atoms with E-state index in [0.29, 0.717) is 22.0 Å². The van der Waals surface area contributed by atoms with Gasteiger partial charge in [-0.3, -0.25) is 24.2 Å². The molecule has 0 saturated carbocycles. The Morgan fingerprint density at radius 2 is 1.82 bits per heavy atom. The van der Waals surface area contributed by atoms with Crippen LogP contribution in [0.25, 0.3) is 5.57 Å². The van der Waals surface area contributed by atoms with Crippen molar-refractivity contribution in [1.82, 2.24) is 4.90 Å². The topological polar surface area (TPSA) is 110 Å². The number of carbonyl (C=O) groups is 4. The number of aliphatic carboxylic acids is 1. The third-order valence-electron chi connectivity index (χ3n) is 4.95. The summed E-state index contributed by atoms with van der Waals surface area (Å²) in [7, 11) is 0. The van der Waals surface area contributed by atoms with Crippen LogP contribution in [0.3, 0.4) is 0 Å². The maximum atomic E-state index is 13.4. The molecule has 2 aromatic rings. The van der Waals surface area contributed by atoms with Crippen LogP contribution in [0.15, 0.2) is 53.4 Å². The second-order valence-corrected chi connectivity index (χ2v) is 9.20. The Hall–Kier alpha value is -3.21. The van der Waals surface area contributed by atoms with Crippen molar-refractivity contribution >= 4 is 80.5 Å². The van der Waals surface area contributed by atoms with Crippen molar-refractivity contribution < 1.29 is 24.3 Å². The molecule has 168 valence electrons. The SMILES string of the molecule is O=C([O-])CCN1C(=O)/C(=C2/C(=O)N(CC(=O)Nc3cccc(Cl)c3)c3ccccc32)SC1=S. The van der Waals surface area contributed by atoms with Crippen LogP contribution in [0, 0.1) is 0 Å². The molecule has 0 atom stereocenters. The first-order valence-corrected chi connectivity index (χ1v) is 11.3. The fourth-order valence-corrected chi connectivity index (χ4v) is 5.08. The normalized spacial score (nSPS) is 17.5. The van der Waals surface area contributed by atoms with Crippen LogP contribution in [0.2, 0.25) is 5.02 Å². The molecule has 2 aromatic carbocycles. The maximum Gasteiger partial charge on any atom is 0.267 e. The van der Waals surface area contributed by atoms with Crippen LogP contribution < -0.4 is 15.3 Å². The molecular formula is C22H15ClN3O5S2-. The Bertz CT molecular complexity index is 1250. The van der Waals surface area contributed by atoms with Crippen LogP contribution in [0.5, 0.6) is 0 Å². The van der Waals surface area contributed by atoms with E-state index in [1.165, 1.54) is 4.90 Å². The number of carboxylic acid groups (broad SMARTS) is 1. The summed E-state index contributed by atoms with van der Waals surface area (Å²) < 4.78 is 0.159. The molecule has 1 fully saturated rings. The van der Waals surface area contributed by atoms with Crippen molar-refractivity contribution in [2.45, 2.75) is 6.42 Å². The van der Waals surface area contributed by atoms with E-state index >= 15 is 0 Å². The maximum absolute atomic E-state index is 13.4. The van der Waals surface area contributed by atoms with Crippen LogP contribution in [0.1, 0.15) is 12.0 Å².